The van der Waals surface area contributed by atoms with Gasteiger partial charge in [-0.25, -0.2) is 4.98 Å². The quantitative estimate of drug-likeness (QED) is 0.776. The van der Waals surface area contributed by atoms with Crippen LogP contribution in [-0.4, -0.2) is 20.2 Å². The topological polar surface area (TPSA) is 66.5 Å². The summed E-state index contributed by atoms with van der Waals surface area (Å²) in [6, 6.07) is 0. The lowest BCUT2D eigenvalue weighted by Crippen LogP contribution is -1.94. The first-order valence-corrected chi connectivity index (χ1v) is 4.45. The highest BCUT2D eigenvalue weighted by Crippen LogP contribution is 2.22. The molecular formula is C7H5Cl2N5. The van der Waals surface area contributed by atoms with Crippen molar-refractivity contribution < 1.29 is 0 Å². The van der Waals surface area contributed by atoms with Crippen LogP contribution in [0.15, 0.2) is 18.6 Å². The smallest absolute Gasteiger partial charge is 0.224 e. The van der Waals surface area contributed by atoms with E-state index in [1.54, 1.807) is 12.4 Å². The Kier molecular flexibility index (Phi) is 2.51. The SMILES string of the molecule is Clc1ncc(Cl)c(Nc2cn[nH]c2)n1. The van der Waals surface area contributed by atoms with E-state index in [0.29, 0.717) is 10.8 Å². The number of H-pyrrole nitrogens is 1. The van der Waals surface area contributed by atoms with Gasteiger partial charge in [-0.2, -0.15) is 10.1 Å². The molecule has 0 amide bonds. The van der Waals surface area contributed by atoms with Gasteiger partial charge in [0.15, 0.2) is 5.82 Å². The van der Waals surface area contributed by atoms with Crippen molar-refractivity contribution in [3.05, 3.63) is 28.9 Å². The van der Waals surface area contributed by atoms with Crippen LogP contribution in [0.5, 0.6) is 0 Å². The van der Waals surface area contributed by atoms with Gasteiger partial charge in [-0.3, -0.25) is 5.10 Å². The molecule has 0 radical (unpaired) electrons. The number of hydrogen-bond donors (Lipinski definition) is 2. The molecular weight excluding hydrogens is 225 g/mol. The molecule has 0 atom stereocenters. The molecule has 0 aromatic carbocycles. The van der Waals surface area contributed by atoms with Gasteiger partial charge >= 0.3 is 0 Å². The van der Waals surface area contributed by atoms with Crippen LogP contribution in [0.4, 0.5) is 11.5 Å². The second-order valence-corrected chi connectivity index (χ2v) is 3.19. The van der Waals surface area contributed by atoms with E-state index in [1.165, 1.54) is 6.20 Å². The minimum atomic E-state index is 0.139. The Labute approximate surface area is 89.5 Å². The summed E-state index contributed by atoms with van der Waals surface area (Å²) in [6.45, 7) is 0. The standard InChI is InChI=1S/C7H5Cl2N5/c8-5-3-10-7(9)14-6(5)13-4-1-11-12-2-4/h1-3H,(H,11,12)(H,10,13,14). The summed E-state index contributed by atoms with van der Waals surface area (Å²) in [6.07, 6.45) is 4.71. The molecule has 0 aliphatic carbocycles. The molecule has 0 aliphatic rings. The molecule has 2 aromatic heterocycles. The lowest BCUT2D eigenvalue weighted by atomic mass is 10.5. The number of nitrogens with one attached hydrogen (secondary N) is 2. The predicted octanol–water partition coefficient (Wildman–Crippen LogP) is 2.25. The molecule has 2 rings (SSSR count). The van der Waals surface area contributed by atoms with Gasteiger partial charge in [0.1, 0.15) is 5.02 Å². The Hall–Kier alpha value is -1.33. The van der Waals surface area contributed by atoms with Gasteiger partial charge in [-0.05, 0) is 11.6 Å². The van der Waals surface area contributed by atoms with Crippen LogP contribution >= 0.6 is 23.2 Å². The maximum atomic E-state index is 5.84. The molecule has 0 spiro atoms. The highest BCUT2D eigenvalue weighted by Gasteiger charge is 2.04. The Morgan fingerprint density at radius 1 is 1.29 bits per heavy atom. The minimum Gasteiger partial charge on any atom is -0.336 e. The number of aromatic amines is 1. The molecule has 0 fully saturated rings. The molecule has 0 saturated carbocycles. The van der Waals surface area contributed by atoms with Gasteiger partial charge in [0.05, 0.1) is 18.1 Å². The van der Waals surface area contributed by atoms with Crippen molar-refractivity contribution >= 4 is 34.7 Å². The van der Waals surface area contributed by atoms with E-state index in [4.69, 9.17) is 23.2 Å². The third kappa shape index (κ3) is 1.94. The lowest BCUT2D eigenvalue weighted by molar-refractivity contribution is 1.09. The predicted molar refractivity (Wildman–Crippen MR) is 53.9 cm³/mol. The zero-order valence-corrected chi connectivity index (χ0v) is 8.34. The van der Waals surface area contributed by atoms with Crippen LogP contribution in [0.1, 0.15) is 0 Å². The molecule has 7 heteroatoms. The molecule has 72 valence electrons. The first-order valence-electron chi connectivity index (χ1n) is 3.69. The van der Waals surface area contributed by atoms with Crippen molar-refractivity contribution in [2.75, 3.05) is 5.32 Å². The van der Waals surface area contributed by atoms with Gasteiger partial charge in [0, 0.05) is 6.20 Å². The second-order valence-electron chi connectivity index (χ2n) is 2.45. The van der Waals surface area contributed by atoms with Crippen LogP contribution in [0, 0.1) is 0 Å². The second kappa shape index (κ2) is 3.81. The molecule has 14 heavy (non-hydrogen) atoms. The number of anilines is 2. The van der Waals surface area contributed by atoms with Gasteiger partial charge in [-0.15, -0.1) is 0 Å². The fraction of sp³-hybridized carbons (Fsp3) is 0. The maximum Gasteiger partial charge on any atom is 0.224 e. The summed E-state index contributed by atoms with van der Waals surface area (Å²) in [4.78, 5) is 7.64. The summed E-state index contributed by atoms with van der Waals surface area (Å²) >= 11 is 11.4. The van der Waals surface area contributed by atoms with E-state index in [9.17, 15) is 0 Å². The molecule has 0 saturated heterocycles. The molecule has 5 nitrogen and oxygen atoms in total. The van der Waals surface area contributed by atoms with Crippen molar-refractivity contribution in [2.45, 2.75) is 0 Å². The molecule has 0 bridgehead atoms. The fourth-order valence-corrected chi connectivity index (χ4v) is 1.16. The lowest BCUT2D eigenvalue weighted by Gasteiger charge is -2.03. The van der Waals surface area contributed by atoms with Gasteiger partial charge in [-0.1, -0.05) is 11.6 Å². The summed E-state index contributed by atoms with van der Waals surface area (Å²) in [7, 11) is 0. The number of hydrogen-bond acceptors (Lipinski definition) is 4. The number of halogens is 2. The highest BCUT2D eigenvalue weighted by atomic mass is 35.5. The number of aromatic nitrogens is 4. The summed E-state index contributed by atoms with van der Waals surface area (Å²) in [5.41, 5.74) is 0.752. The van der Waals surface area contributed by atoms with E-state index < -0.39 is 0 Å². The Morgan fingerprint density at radius 3 is 2.86 bits per heavy atom. The van der Waals surface area contributed by atoms with Crippen LogP contribution < -0.4 is 5.32 Å². The van der Waals surface area contributed by atoms with Crippen LogP contribution in [0.25, 0.3) is 0 Å². The van der Waals surface area contributed by atoms with Crippen LogP contribution in [-0.2, 0) is 0 Å². The van der Waals surface area contributed by atoms with Crippen LogP contribution in [0.2, 0.25) is 10.3 Å². The van der Waals surface area contributed by atoms with Crippen molar-refractivity contribution in [1.82, 2.24) is 20.2 Å². The molecule has 2 N–H and O–H groups in total. The Bertz CT molecular complexity index is 428. The fourth-order valence-electron chi connectivity index (χ4n) is 0.889. The zero-order valence-electron chi connectivity index (χ0n) is 6.83. The van der Waals surface area contributed by atoms with E-state index in [1.807, 2.05) is 0 Å². The van der Waals surface area contributed by atoms with Gasteiger partial charge < -0.3 is 5.32 Å². The van der Waals surface area contributed by atoms with Gasteiger partial charge in [0.2, 0.25) is 5.28 Å². The minimum absolute atomic E-state index is 0.139. The molecule has 0 unspecified atom stereocenters. The molecule has 0 aliphatic heterocycles. The third-order valence-electron chi connectivity index (χ3n) is 1.48. The molecule has 2 heterocycles. The van der Waals surface area contributed by atoms with E-state index >= 15 is 0 Å². The van der Waals surface area contributed by atoms with Crippen molar-refractivity contribution in [2.24, 2.45) is 0 Å². The van der Waals surface area contributed by atoms with E-state index in [2.05, 4.69) is 25.5 Å². The van der Waals surface area contributed by atoms with E-state index in [0.717, 1.165) is 5.69 Å². The summed E-state index contributed by atoms with van der Waals surface area (Å²) < 4.78 is 0. The van der Waals surface area contributed by atoms with Crippen molar-refractivity contribution in [3.8, 4) is 0 Å². The number of nitrogens with zero attached hydrogens (tertiary/aromatic N) is 3. The first-order chi connectivity index (χ1) is 6.75. The van der Waals surface area contributed by atoms with Crippen molar-refractivity contribution in [3.63, 3.8) is 0 Å². The Balaban J connectivity index is 2.28. The summed E-state index contributed by atoms with van der Waals surface area (Å²) in [5.74, 6) is 0.452. The maximum absolute atomic E-state index is 5.84. The van der Waals surface area contributed by atoms with Crippen LogP contribution in [0.3, 0.4) is 0 Å². The average molecular weight is 230 g/mol. The van der Waals surface area contributed by atoms with E-state index in [-0.39, 0.29) is 5.28 Å². The van der Waals surface area contributed by atoms with Crippen molar-refractivity contribution in [1.29, 1.82) is 0 Å². The summed E-state index contributed by atoms with van der Waals surface area (Å²) in [5, 5.41) is 9.89. The monoisotopic (exact) mass is 229 g/mol. The highest BCUT2D eigenvalue weighted by molar-refractivity contribution is 6.33. The molecule has 2 aromatic rings. The Morgan fingerprint density at radius 2 is 2.14 bits per heavy atom. The zero-order chi connectivity index (χ0) is 9.97. The first kappa shape index (κ1) is 9.23. The normalized spacial score (nSPS) is 10.1. The third-order valence-corrected chi connectivity index (χ3v) is 1.93. The largest absolute Gasteiger partial charge is 0.336 e. The average Bonchev–Trinajstić information content (AvgIpc) is 2.64. The number of rotatable bonds is 2. The van der Waals surface area contributed by atoms with Gasteiger partial charge in [0.25, 0.3) is 0 Å².